The van der Waals surface area contributed by atoms with Crippen LogP contribution in [0.1, 0.15) is 20.3 Å². The highest BCUT2D eigenvalue weighted by molar-refractivity contribution is 7.89. The minimum atomic E-state index is -3.99. The predicted octanol–water partition coefficient (Wildman–Crippen LogP) is 1.87. The van der Waals surface area contributed by atoms with E-state index in [9.17, 15) is 18.0 Å². The van der Waals surface area contributed by atoms with Gasteiger partial charge in [-0.15, -0.1) is 0 Å². The Morgan fingerprint density at radius 3 is 2.59 bits per heavy atom. The molecule has 0 saturated carbocycles. The van der Waals surface area contributed by atoms with Crippen LogP contribution >= 0.6 is 0 Å². The van der Waals surface area contributed by atoms with Crippen molar-refractivity contribution >= 4 is 33.2 Å². The number of benzene rings is 2. The number of hydrogen-bond donors (Lipinski definition) is 3. The summed E-state index contributed by atoms with van der Waals surface area (Å²) in [6.07, 6.45) is 0.0892. The Labute approximate surface area is 185 Å². The van der Waals surface area contributed by atoms with E-state index in [2.05, 4.69) is 15.4 Å². The number of carbonyl (C=O) groups is 2. The fraction of sp³-hybridized carbons (Fsp3) is 0.333. The second kappa shape index (κ2) is 8.67. The molecule has 2 atom stereocenters. The SMILES string of the molecule is CC1Oc2ccc(NC(=O)[C@@H](C)NS(=O)(=O)c3ccc4c(c3)OCCCO4)cc2NC1=O. The molecule has 0 saturated heterocycles. The summed E-state index contributed by atoms with van der Waals surface area (Å²) in [5, 5.41) is 5.33. The lowest BCUT2D eigenvalue weighted by atomic mass is 10.2. The fourth-order valence-electron chi connectivity index (χ4n) is 3.20. The maximum atomic E-state index is 12.8. The molecule has 0 radical (unpaired) electrons. The molecule has 2 aliphatic rings. The number of anilines is 2. The molecule has 2 aliphatic heterocycles. The van der Waals surface area contributed by atoms with Gasteiger partial charge < -0.3 is 24.8 Å². The third kappa shape index (κ3) is 4.63. The van der Waals surface area contributed by atoms with Gasteiger partial charge in [0.2, 0.25) is 15.9 Å². The Kier molecular flexibility index (Phi) is 5.94. The molecular formula is C21H23N3O7S. The van der Waals surface area contributed by atoms with Crippen LogP contribution in [0.4, 0.5) is 11.4 Å². The van der Waals surface area contributed by atoms with E-state index in [0.29, 0.717) is 48.3 Å². The Morgan fingerprint density at radius 2 is 1.81 bits per heavy atom. The van der Waals surface area contributed by atoms with E-state index in [1.165, 1.54) is 25.1 Å². The zero-order chi connectivity index (χ0) is 22.9. The summed E-state index contributed by atoms with van der Waals surface area (Å²) < 4.78 is 44.4. The molecule has 2 amide bonds. The molecule has 0 bridgehead atoms. The molecule has 0 aromatic heterocycles. The molecule has 1 unspecified atom stereocenters. The fourth-order valence-corrected chi connectivity index (χ4v) is 4.42. The number of fused-ring (bicyclic) bond motifs is 2. The Bertz CT molecular complexity index is 1170. The number of nitrogens with one attached hydrogen (secondary N) is 3. The van der Waals surface area contributed by atoms with Gasteiger partial charge in [-0.1, -0.05) is 0 Å². The van der Waals surface area contributed by atoms with Gasteiger partial charge in [-0.3, -0.25) is 9.59 Å². The minimum Gasteiger partial charge on any atom is -0.490 e. The van der Waals surface area contributed by atoms with Crippen molar-refractivity contribution < 1.29 is 32.2 Å². The van der Waals surface area contributed by atoms with Gasteiger partial charge in [0.15, 0.2) is 17.6 Å². The normalized spacial score (nSPS) is 18.4. The van der Waals surface area contributed by atoms with Gasteiger partial charge in [0.25, 0.3) is 5.91 Å². The first-order chi connectivity index (χ1) is 15.2. The first-order valence-corrected chi connectivity index (χ1v) is 11.6. The molecule has 2 aromatic rings. The third-order valence-electron chi connectivity index (χ3n) is 4.93. The average molecular weight is 461 g/mol. The summed E-state index contributed by atoms with van der Waals surface area (Å²) in [6.45, 7) is 3.98. The quantitative estimate of drug-likeness (QED) is 0.619. The van der Waals surface area contributed by atoms with Crippen LogP contribution in [0.15, 0.2) is 41.3 Å². The lowest BCUT2D eigenvalue weighted by molar-refractivity contribution is -0.122. The number of sulfonamides is 1. The van der Waals surface area contributed by atoms with Crippen LogP contribution in [0.5, 0.6) is 17.2 Å². The van der Waals surface area contributed by atoms with Crippen LogP contribution in [0, 0.1) is 0 Å². The van der Waals surface area contributed by atoms with Crippen molar-refractivity contribution in [1.29, 1.82) is 0 Å². The minimum absolute atomic E-state index is 0.0378. The molecule has 0 aliphatic carbocycles. The van der Waals surface area contributed by atoms with Crippen LogP contribution in [0.2, 0.25) is 0 Å². The summed E-state index contributed by atoms with van der Waals surface area (Å²) in [7, 11) is -3.99. The number of ether oxygens (including phenoxy) is 3. The van der Waals surface area contributed by atoms with Crippen LogP contribution in [-0.4, -0.2) is 45.6 Å². The summed E-state index contributed by atoms with van der Waals surface area (Å²) in [5.74, 6) is 0.440. The zero-order valence-electron chi connectivity index (χ0n) is 17.5. The summed E-state index contributed by atoms with van der Waals surface area (Å²) in [4.78, 5) is 24.3. The van der Waals surface area contributed by atoms with Crippen LogP contribution in [0.3, 0.4) is 0 Å². The van der Waals surface area contributed by atoms with Gasteiger partial charge >= 0.3 is 0 Å². The lowest BCUT2D eigenvalue weighted by Gasteiger charge is -2.24. The maximum absolute atomic E-state index is 12.8. The van der Waals surface area contributed by atoms with Crippen molar-refractivity contribution in [3.8, 4) is 17.2 Å². The van der Waals surface area contributed by atoms with E-state index in [0.717, 1.165) is 0 Å². The van der Waals surface area contributed by atoms with Crippen molar-refractivity contribution in [3.05, 3.63) is 36.4 Å². The largest absolute Gasteiger partial charge is 0.490 e. The Balaban J connectivity index is 1.44. The summed E-state index contributed by atoms with van der Waals surface area (Å²) in [5.41, 5.74) is 0.806. The van der Waals surface area contributed by atoms with Gasteiger partial charge in [-0.2, -0.15) is 4.72 Å². The van der Waals surface area contributed by atoms with Crippen molar-refractivity contribution in [2.24, 2.45) is 0 Å². The molecule has 2 aromatic carbocycles. The van der Waals surface area contributed by atoms with E-state index < -0.39 is 28.1 Å². The number of amides is 2. The topological polar surface area (TPSA) is 132 Å². The zero-order valence-corrected chi connectivity index (χ0v) is 18.3. The number of carbonyl (C=O) groups excluding carboxylic acids is 2. The first kappa shape index (κ1) is 21.9. The van der Waals surface area contributed by atoms with Gasteiger partial charge in [0.1, 0.15) is 5.75 Å². The lowest BCUT2D eigenvalue weighted by Crippen LogP contribution is -2.41. The van der Waals surface area contributed by atoms with Gasteiger partial charge in [-0.25, -0.2) is 8.42 Å². The summed E-state index contributed by atoms with van der Waals surface area (Å²) in [6, 6.07) is 8.00. The van der Waals surface area contributed by atoms with E-state index in [1.54, 1.807) is 25.1 Å². The van der Waals surface area contributed by atoms with Crippen molar-refractivity contribution in [1.82, 2.24) is 4.72 Å². The van der Waals surface area contributed by atoms with E-state index in [4.69, 9.17) is 14.2 Å². The standard InChI is InChI=1S/C21H23N3O7S/c1-12(20(25)22-14-4-6-17-16(10-14)23-21(26)13(2)31-17)24-32(27,28)15-5-7-18-19(11-15)30-9-3-8-29-18/h4-7,10-13,24H,3,8-9H2,1-2H3,(H,22,25)(H,23,26)/t12-,13?/m1/s1. The van der Waals surface area contributed by atoms with Crippen molar-refractivity contribution in [2.45, 2.75) is 37.3 Å². The monoisotopic (exact) mass is 461 g/mol. The maximum Gasteiger partial charge on any atom is 0.265 e. The highest BCUT2D eigenvalue weighted by Crippen LogP contribution is 2.33. The van der Waals surface area contributed by atoms with Gasteiger partial charge in [-0.05, 0) is 44.2 Å². The molecule has 10 nitrogen and oxygen atoms in total. The van der Waals surface area contributed by atoms with Crippen molar-refractivity contribution in [2.75, 3.05) is 23.8 Å². The number of rotatable bonds is 5. The number of hydrogen-bond acceptors (Lipinski definition) is 7. The van der Waals surface area contributed by atoms with Gasteiger partial charge in [0, 0.05) is 18.2 Å². The van der Waals surface area contributed by atoms with Crippen LogP contribution < -0.4 is 29.6 Å². The highest BCUT2D eigenvalue weighted by Gasteiger charge is 2.26. The Morgan fingerprint density at radius 1 is 1.09 bits per heavy atom. The van der Waals surface area contributed by atoms with E-state index in [1.807, 2.05) is 0 Å². The molecular weight excluding hydrogens is 438 g/mol. The second-order valence-electron chi connectivity index (χ2n) is 7.45. The molecule has 0 spiro atoms. The van der Waals surface area contributed by atoms with Crippen molar-refractivity contribution in [3.63, 3.8) is 0 Å². The van der Waals surface area contributed by atoms with Crippen LogP contribution in [0.25, 0.3) is 0 Å². The van der Waals surface area contributed by atoms with Crippen LogP contribution in [-0.2, 0) is 19.6 Å². The summed E-state index contributed by atoms with van der Waals surface area (Å²) >= 11 is 0. The molecule has 4 rings (SSSR count). The second-order valence-corrected chi connectivity index (χ2v) is 9.17. The molecule has 3 N–H and O–H groups in total. The molecule has 11 heteroatoms. The first-order valence-electron chi connectivity index (χ1n) is 10.1. The van der Waals surface area contributed by atoms with E-state index >= 15 is 0 Å². The Hall–Kier alpha value is -3.31. The molecule has 32 heavy (non-hydrogen) atoms. The molecule has 2 heterocycles. The van der Waals surface area contributed by atoms with Gasteiger partial charge in [0.05, 0.1) is 29.8 Å². The molecule has 170 valence electrons. The third-order valence-corrected chi connectivity index (χ3v) is 6.47. The predicted molar refractivity (Wildman–Crippen MR) is 116 cm³/mol. The smallest absolute Gasteiger partial charge is 0.265 e. The highest BCUT2D eigenvalue weighted by atomic mass is 32.2. The molecule has 0 fully saturated rings. The average Bonchev–Trinajstić information content (AvgIpc) is 2.99. The van der Waals surface area contributed by atoms with E-state index in [-0.39, 0.29) is 10.8 Å².